The van der Waals surface area contributed by atoms with Gasteiger partial charge in [0.1, 0.15) is 5.75 Å². The van der Waals surface area contributed by atoms with Gasteiger partial charge in [0, 0.05) is 37.4 Å². The first-order valence-electron chi connectivity index (χ1n) is 6.71. The molecule has 7 heteroatoms. The number of halogens is 2. The van der Waals surface area contributed by atoms with Crippen LogP contribution in [0.15, 0.2) is 30.6 Å². The standard InChI is InChI=1S/C15H17Cl2N3O2/c1-10(22-14-5-4-12(16)6-13(14)17)15(21)19(2)8-11-7-18-20(3)9-11/h4-7,9-10H,8H2,1-3H3. The van der Waals surface area contributed by atoms with Gasteiger partial charge >= 0.3 is 0 Å². The number of carbonyl (C=O) groups excluding carboxylic acids is 1. The smallest absolute Gasteiger partial charge is 0.263 e. The first kappa shape index (κ1) is 16.6. The maximum Gasteiger partial charge on any atom is 0.263 e. The van der Waals surface area contributed by atoms with Crippen LogP contribution in [0.1, 0.15) is 12.5 Å². The number of aromatic nitrogens is 2. The number of aryl methyl sites for hydroxylation is 1. The minimum atomic E-state index is -0.652. The molecular weight excluding hydrogens is 325 g/mol. The number of hydrogen-bond acceptors (Lipinski definition) is 3. The van der Waals surface area contributed by atoms with Crippen LogP contribution in [0.5, 0.6) is 5.75 Å². The third kappa shape index (κ3) is 4.15. The minimum Gasteiger partial charge on any atom is -0.479 e. The summed E-state index contributed by atoms with van der Waals surface area (Å²) in [6, 6.07) is 4.89. The Morgan fingerprint density at radius 2 is 2.18 bits per heavy atom. The normalized spacial score (nSPS) is 12.0. The molecule has 0 aliphatic carbocycles. The quantitative estimate of drug-likeness (QED) is 0.839. The van der Waals surface area contributed by atoms with E-state index in [0.29, 0.717) is 22.3 Å². The lowest BCUT2D eigenvalue weighted by Gasteiger charge is -2.22. The van der Waals surface area contributed by atoms with E-state index in [0.717, 1.165) is 5.56 Å². The third-order valence-corrected chi connectivity index (χ3v) is 3.63. The number of amides is 1. The summed E-state index contributed by atoms with van der Waals surface area (Å²) < 4.78 is 7.32. The molecular formula is C15H17Cl2N3O2. The van der Waals surface area contributed by atoms with Gasteiger partial charge in [-0.25, -0.2) is 0 Å². The van der Waals surface area contributed by atoms with Crippen LogP contribution >= 0.6 is 23.2 Å². The van der Waals surface area contributed by atoms with E-state index in [9.17, 15) is 4.79 Å². The van der Waals surface area contributed by atoms with E-state index < -0.39 is 6.10 Å². The van der Waals surface area contributed by atoms with Gasteiger partial charge in [-0.1, -0.05) is 23.2 Å². The Kier molecular flexibility index (Phi) is 5.32. The van der Waals surface area contributed by atoms with Crippen LogP contribution in [-0.2, 0) is 18.4 Å². The Morgan fingerprint density at radius 3 is 2.77 bits per heavy atom. The van der Waals surface area contributed by atoms with Crippen molar-refractivity contribution in [2.45, 2.75) is 19.6 Å². The second-order valence-electron chi connectivity index (χ2n) is 5.05. The Labute approximate surface area is 139 Å². The summed E-state index contributed by atoms with van der Waals surface area (Å²) in [4.78, 5) is 13.9. The van der Waals surface area contributed by atoms with Crippen LogP contribution in [0.2, 0.25) is 10.0 Å². The topological polar surface area (TPSA) is 47.4 Å². The monoisotopic (exact) mass is 341 g/mol. The SMILES string of the molecule is CC(Oc1ccc(Cl)cc1Cl)C(=O)N(C)Cc1cnn(C)c1. The van der Waals surface area contributed by atoms with Crippen LogP contribution < -0.4 is 4.74 Å². The van der Waals surface area contributed by atoms with E-state index >= 15 is 0 Å². The number of nitrogens with zero attached hydrogens (tertiary/aromatic N) is 3. The lowest BCUT2D eigenvalue weighted by molar-refractivity contribution is -0.137. The van der Waals surface area contributed by atoms with Crippen molar-refractivity contribution in [2.24, 2.45) is 7.05 Å². The van der Waals surface area contributed by atoms with Gasteiger partial charge in [0.15, 0.2) is 6.10 Å². The zero-order valence-electron chi connectivity index (χ0n) is 12.6. The van der Waals surface area contributed by atoms with E-state index in [1.165, 1.54) is 0 Å². The molecule has 118 valence electrons. The van der Waals surface area contributed by atoms with Crippen molar-refractivity contribution in [1.29, 1.82) is 0 Å². The van der Waals surface area contributed by atoms with Crippen molar-refractivity contribution < 1.29 is 9.53 Å². The molecule has 1 aromatic heterocycles. The Bertz CT molecular complexity index is 673. The highest BCUT2D eigenvalue weighted by Crippen LogP contribution is 2.28. The fourth-order valence-electron chi connectivity index (χ4n) is 2.03. The van der Waals surface area contributed by atoms with Gasteiger partial charge in [-0.3, -0.25) is 9.48 Å². The summed E-state index contributed by atoms with van der Waals surface area (Å²) in [5, 5.41) is 4.97. The maximum absolute atomic E-state index is 12.3. The Morgan fingerprint density at radius 1 is 1.45 bits per heavy atom. The molecule has 5 nitrogen and oxygen atoms in total. The van der Waals surface area contributed by atoms with E-state index in [4.69, 9.17) is 27.9 Å². The Hall–Kier alpha value is -1.72. The summed E-state index contributed by atoms with van der Waals surface area (Å²) in [6.07, 6.45) is 2.94. The van der Waals surface area contributed by atoms with Crippen molar-refractivity contribution >= 4 is 29.1 Å². The molecule has 1 heterocycles. The third-order valence-electron chi connectivity index (χ3n) is 3.10. The largest absolute Gasteiger partial charge is 0.479 e. The van der Waals surface area contributed by atoms with E-state index in [1.807, 2.05) is 13.2 Å². The van der Waals surface area contributed by atoms with Crippen molar-refractivity contribution in [3.8, 4) is 5.75 Å². The van der Waals surface area contributed by atoms with Crippen LogP contribution in [0.25, 0.3) is 0 Å². The fraction of sp³-hybridized carbons (Fsp3) is 0.333. The summed E-state index contributed by atoms with van der Waals surface area (Å²) in [5.41, 5.74) is 0.954. The highest BCUT2D eigenvalue weighted by atomic mass is 35.5. The van der Waals surface area contributed by atoms with Crippen LogP contribution in [0.3, 0.4) is 0 Å². The van der Waals surface area contributed by atoms with Gasteiger partial charge in [-0.05, 0) is 25.1 Å². The van der Waals surface area contributed by atoms with Crippen molar-refractivity contribution in [1.82, 2.24) is 14.7 Å². The molecule has 0 aliphatic heterocycles. The zero-order valence-corrected chi connectivity index (χ0v) is 14.1. The Balaban J connectivity index is 1.98. The second kappa shape index (κ2) is 7.03. The molecule has 0 N–H and O–H groups in total. The summed E-state index contributed by atoms with van der Waals surface area (Å²) in [5.74, 6) is 0.288. The molecule has 22 heavy (non-hydrogen) atoms. The summed E-state index contributed by atoms with van der Waals surface area (Å²) in [6.45, 7) is 2.15. The van der Waals surface area contributed by atoms with Gasteiger partial charge in [0.2, 0.25) is 0 Å². The summed E-state index contributed by atoms with van der Waals surface area (Å²) >= 11 is 11.9. The van der Waals surface area contributed by atoms with E-state index in [-0.39, 0.29) is 5.91 Å². The molecule has 1 unspecified atom stereocenters. The number of carbonyl (C=O) groups is 1. The second-order valence-corrected chi connectivity index (χ2v) is 5.90. The van der Waals surface area contributed by atoms with E-state index in [1.54, 1.807) is 47.9 Å². The highest BCUT2D eigenvalue weighted by Gasteiger charge is 2.20. The maximum atomic E-state index is 12.3. The lowest BCUT2D eigenvalue weighted by Crippen LogP contribution is -2.37. The lowest BCUT2D eigenvalue weighted by atomic mass is 10.3. The van der Waals surface area contributed by atoms with Crippen molar-refractivity contribution in [2.75, 3.05) is 7.05 Å². The van der Waals surface area contributed by atoms with Gasteiger partial charge in [-0.2, -0.15) is 5.10 Å². The van der Waals surface area contributed by atoms with Gasteiger partial charge in [0.05, 0.1) is 11.2 Å². The summed E-state index contributed by atoms with van der Waals surface area (Å²) in [7, 11) is 3.55. The molecule has 1 aromatic carbocycles. The first-order valence-corrected chi connectivity index (χ1v) is 7.46. The molecule has 0 radical (unpaired) electrons. The molecule has 2 aromatic rings. The number of likely N-dealkylation sites (N-methyl/N-ethyl adjacent to an activating group) is 1. The molecule has 1 amide bonds. The highest BCUT2D eigenvalue weighted by molar-refractivity contribution is 6.35. The first-order chi connectivity index (χ1) is 10.4. The molecule has 0 fully saturated rings. The number of ether oxygens (including phenoxy) is 1. The molecule has 0 spiro atoms. The van der Waals surface area contributed by atoms with Crippen LogP contribution in [0, 0.1) is 0 Å². The van der Waals surface area contributed by atoms with Gasteiger partial charge < -0.3 is 9.64 Å². The zero-order chi connectivity index (χ0) is 16.3. The van der Waals surface area contributed by atoms with Gasteiger partial charge in [-0.15, -0.1) is 0 Å². The van der Waals surface area contributed by atoms with Crippen molar-refractivity contribution in [3.05, 3.63) is 46.2 Å². The predicted molar refractivity (Wildman–Crippen MR) is 86.2 cm³/mol. The molecule has 1 atom stereocenters. The molecule has 0 saturated heterocycles. The molecule has 0 bridgehead atoms. The molecule has 0 aliphatic rings. The minimum absolute atomic E-state index is 0.144. The number of benzene rings is 1. The van der Waals surface area contributed by atoms with Crippen LogP contribution in [0.4, 0.5) is 0 Å². The van der Waals surface area contributed by atoms with Crippen molar-refractivity contribution in [3.63, 3.8) is 0 Å². The fourth-order valence-corrected chi connectivity index (χ4v) is 2.48. The van der Waals surface area contributed by atoms with Crippen LogP contribution in [-0.4, -0.2) is 33.7 Å². The molecule has 0 saturated carbocycles. The van der Waals surface area contributed by atoms with E-state index in [2.05, 4.69) is 5.10 Å². The average Bonchev–Trinajstić information content (AvgIpc) is 2.86. The number of rotatable bonds is 5. The predicted octanol–water partition coefficient (Wildman–Crippen LogP) is 3.15. The average molecular weight is 342 g/mol. The number of hydrogen-bond donors (Lipinski definition) is 0. The van der Waals surface area contributed by atoms with Gasteiger partial charge in [0.25, 0.3) is 5.91 Å². The molecule has 2 rings (SSSR count).